The van der Waals surface area contributed by atoms with Crippen LogP contribution in [-0.4, -0.2) is 30.4 Å². The van der Waals surface area contributed by atoms with Gasteiger partial charge in [-0.3, -0.25) is 9.79 Å². The molecule has 1 saturated carbocycles. The number of hydrogen-bond acceptors (Lipinski definition) is 3. The predicted octanol–water partition coefficient (Wildman–Crippen LogP) is 0.0469. The zero-order chi connectivity index (χ0) is 9.60. The van der Waals surface area contributed by atoms with Crippen molar-refractivity contribution in [2.24, 2.45) is 10.9 Å². The Morgan fingerprint density at radius 1 is 1.29 bits per heavy atom. The van der Waals surface area contributed by atoms with Crippen molar-refractivity contribution in [3.05, 3.63) is 0 Å². The Morgan fingerprint density at radius 2 is 2.00 bits per heavy atom. The van der Waals surface area contributed by atoms with Gasteiger partial charge in [-0.05, 0) is 38.8 Å². The fourth-order valence-corrected chi connectivity index (χ4v) is 2.27. The summed E-state index contributed by atoms with van der Waals surface area (Å²) in [6.45, 7) is 1.82. The maximum Gasteiger partial charge on any atom is 0.253 e. The first-order chi connectivity index (χ1) is 6.80. The number of piperidine rings is 1. The lowest BCUT2D eigenvalue weighted by molar-refractivity contribution is -0.124. The van der Waals surface area contributed by atoms with Crippen molar-refractivity contribution in [1.82, 2.24) is 10.6 Å². The van der Waals surface area contributed by atoms with E-state index in [2.05, 4.69) is 15.6 Å². The van der Waals surface area contributed by atoms with E-state index < -0.39 is 5.54 Å². The van der Waals surface area contributed by atoms with Gasteiger partial charge in [0.2, 0.25) is 0 Å². The minimum Gasteiger partial charge on any atom is -0.317 e. The molecule has 3 aliphatic rings. The highest BCUT2D eigenvalue weighted by Crippen LogP contribution is 2.35. The van der Waals surface area contributed by atoms with Crippen LogP contribution in [0.25, 0.3) is 0 Å². The van der Waals surface area contributed by atoms with E-state index in [4.69, 9.17) is 0 Å². The average Bonchev–Trinajstić information content (AvgIpc) is 2.98. The summed E-state index contributed by atoms with van der Waals surface area (Å²) in [6.07, 6.45) is 4.12. The van der Waals surface area contributed by atoms with Crippen LogP contribution in [0.4, 0.5) is 0 Å². The van der Waals surface area contributed by atoms with Crippen LogP contribution in [-0.2, 0) is 4.79 Å². The van der Waals surface area contributed by atoms with Crippen LogP contribution in [0.3, 0.4) is 0 Å². The molecule has 0 radical (unpaired) electrons. The second-order valence-electron chi connectivity index (χ2n) is 4.51. The maximum atomic E-state index is 11.8. The molecule has 1 amide bonds. The summed E-state index contributed by atoms with van der Waals surface area (Å²) >= 11 is 0. The molecule has 0 unspecified atom stereocenters. The van der Waals surface area contributed by atoms with Gasteiger partial charge in [-0.15, -0.1) is 0 Å². The average molecular weight is 193 g/mol. The van der Waals surface area contributed by atoms with Crippen molar-refractivity contribution in [2.75, 3.05) is 13.1 Å². The van der Waals surface area contributed by atoms with E-state index in [1.165, 1.54) is 12.8 Å². The molecule has 0 aromatic heterocycles. The summed E-state index contributed by atoms with van der Waals surface area (Å²) in [5.74, 6) is 1.67. The van der Waals surface area contributed by atoms with E-state index in [1.807, 2.05) is 0 Å². The number of nitrogens with one attached hydrogen (secondary N) is 2. The lowest BCUT2D eigenvalue weighted by Crippen LogP contribution is -2.47. The molecule has 2 fully saturated rings. The monoisotopic (exact) mass is 193 g/mol. The summed E-state index contributed by atoms with van der Waals surface area (Å²) in [6, 6.07) is 0. The summed E-state index contributed by atoms with van der Waals surface area (Å²) in [5, 5.41) is 6.23. The highest BCUT2D eigenvalue weighted by molar-refractivity contribution is 6.09. The quantitative estimate of drug-likeness (QED) is 0.618. The Kier molecular flexibility index (Phi) is 1.68. The smallest absolute Gasteiger partial charge is 0.253 e. The SMILES string of the molecule is O=C1NC(C2CC2)=NC12CCNCC2. The molecule has 2 heterocycles. The van der Waals surface area contributed by atoms with E-state index >= 15 is 0 Å². The lowest BCUT2D eigenvalue weighted by atomic mass is 9.89. The third-order valence-corrected chi connectivity index (χ3v) is 3.39. The molecule has 0 aromatic rings. The van der Waals surface area contributed by atoms with Gasteiger partial charge in [-0.1, -0.05) is 0 Å². The van der Waals surface area contributed by atoms with Gasteiger partial charge in [0.05, 0.1) is 0 Å². The molecule has 0 atom stereocenters. The summed E-state index contributed by atoms with van der Waals surface area (Å²) in [7, 11) is 0. The second kappa shape index (κ2) is 2.79. The number of amides is 1. The lowest BCUT2D eigenvalue weighted by Gasteiger charge is -2.28. The van der Waals surface area contributed by atoms with Crippen molar-refractivity contribution >= 4 is 11.7 Å². The number of nitrogens with zero attached hydrogens (tertiary/aromatic N) is 1. The van der Waals surface area contributed by atoms with E-state index in [0.29, 0.717) is 5.92 Å². The molecule has 0 bridgehead atoms. The third kappa shape index (κ3) is 1.17. The number of carbonyl (C=O) groups is 1. The Balaban J connectivity index is 1.86. The molecule has 1 saturated heterocycles. The zero-order valence-corrected chi connectivity index (χ0v) is 8.18. The van der Waals surface area contributed by atoms with Gasteiger partial charge in [-0.25, -0.2) is 0 Å². The summed E-state index contributed by atoms with van der Waals surface area (Å²) in [4.78, 5) is 16.5. The zero-order valence-electron chi connectivity index (χ0n) is 8.18. The second-order valence-corrected chi connectivity index (χ2v) is 4.51. The molecule has 14 heavy (non-hydrogen) atoms. The molecule has 1 spiro atoms. The van der Waals surface area contributed by atoms with Crippen molar-refractivity contribution in [3.63, 3.8) is 0 Å². The third-order valence-electron chi connectivity index (χ3n) is 3.39. The number of rotatable bonds is 1. The van der Waals surface area contributed by atoms with Crippen LogP contribution in [0.5, 0.6) is 0 Å². The number of carbonyl (C=O) groups excluding carboxylic acids is 1. The Labute approximate surface area is 83.2 Å². The van der Waals surface area contributed by atoms with Gasteiger partial charge >= 0.3 is 0 Å². The standard InChI is InChI=1S/C10H15N3O/c14-9-10(3-5-11-6-4-10)13-8(12-9)7-1-2-7/h7,11H,1-6H2,(H,12,13,14). The van der Waals surface area contributed by atoms with Crippen LogP contribution >= 0.6 is 0 Å². The molecule has 2 aliphatic heterocycles. The Bertz CT molecular complexity index is 300. The molecule has 4 nitrogen and oxygen atoms in total. The van der Waals surface area contributed by atoms with Crippen LogP contribution in [0, 0.1) is 5.92 Å². The van der Waals surface area contributed by atoms with Crippen LogP contribution in [0.15, 0.2) is 4.99 Å². The summed E-state index contributed by atoms with van der Waals surface area (Å²) < 4.78 is 0. The molecule has 4 heteroatoms. The van der Waals surface area contributed by atoms with Gasteiger partial charge < -0.3 is 10.6 Å². The predicted molar refractivity (Wildman–Crippen MR) is 53.1 cm³/mol. The minimum atomic E-state index is -0.400. The van der Waals surface area contributed by atoms with Crippen molar-refractivity contribution in [1.29, 1.82) is 0 Å². The molecule has 0 aromatic carbocycles. The fraction of sp³-hybridized carbons (Fsp3) is 0.800. The van der Waals surface area contributed by atoms with Gasteiger partial charge in [0.1, 0.15) is 11.4 Å². The first-order valence-electron chi connectivity index (χ1n) is 5.42. The van der Waals surface area contributed by atoms with E-state index in [1.54, 1.807) is 0 Å². The van der Waals surface area contributed by atoms with E-state index in [9.17, 15) is 4.79 Å². The first kappa shape index (κ1) is 8.41. The van der Waals surface area contributed by atoms with Crippen LogP contribution in [0.1, 0.15) is 25.7 Å². The fourth-order valence-electron chi connectivity index (χ4n) is 2.27. The topological polar surface area (TPSA) is 53.5 Å². The molecule has 76 valence electrons. The largest absolute Gasteiger partial charge is 0.317 e. The van der Waals surface area contributed by atoms with E-state index in [-0.39, 0.29) is 5.91 Å². The normalized spacial score (nSPS) is 30.3. The molecule has 3 rings (SSSR count). The van der Waals surface area contributed by atoms with Crippen molar-refractivity contribution < 1.29 is 4.79 Å². The highest BCUT2D eigenvalue weighted by atomic mass is 16.2. The molecular weight excluding hydrogens is 178 g/mol. The van der Waals surface area contributed by atoms with Crippen molar-refractivity contribution in [2.45, 2.75) is 31.2 Å². The van der Waals surface area contributed by atoms with Crippen LogP contribution < -0.4 is 10.6 Å². The minimum absolute atomic E-state index is 0.140. The first-order valence-corrected chi connectivity index (χ1v) is 5.42. The van der Waals surface area contributed by atoms with E-state index in [0.717, 1.165) is 31.8 Å². The maximum absolute atomic E-state index is 11.8. The van der Waals surface area contributed by atoms with Crippen molar-refractivity contribution in [3.8, 4) is 0 Å². The van der Waals surface area contributed by atoms with Gasteiger partial charge in [-0.2, -0.15) is 0 Å². The number of amidine groups is 1. The van der Waals surface area contributed by atoms with Gasteiger partial charge in [0.25, 0.3) is 5.91 Å². The Morgan fingerprint density at radius 3 is 2.64 bits per heavy atom. The van der Waals surface area contributed by atoms with Crippen LogP contribution in [0.2, 0.25) is 0 Å². The van der Waals surface area contributed by atoms with Gasteiger partial charge in [0.15, 0.2) is 0 Å². The molecular formula is C10H15N3O. The van der Waals surface area contributed by atoms with Gasteiger partial charge in [0, 0.05) is 5.92 Å². The molecule has 2 N–H and O–H groups in total. The Hall–Kier alpha value is -0.900. The number of aliphatic imine (C=N–C) groups is 1. The highest BCUT2D eigenvalue weighted by Gasteiger charge is 2.46. The number of hydrogen-bond donors (Lipinski definition) is 2. The summed E-state index contributed by atoms with van der Waals surface area (Å²) in [5.41, 5.74) is -0.400. The molecule has 1 aliphatic carbocycles.